The molecule has 382 valence electrons. The van der Waals surface area contributed by atoms with E-state index in [1.807, 2.05) is 24.3 Å². The van der Waals surface area contributed by atoms with E-state index in [-0.39, 0.29) is 55.3 Å². The fourth-order valence-electron chi connectivity index (χ4n) is 12.7. The second kappa shape index (κ2) is 19.2. The summed E-state index contributed by atoms with van der Waals surface area (Å²) in [6, 6.07) is 23.0. The molecule has 72 heavy (non-hydrogen) atoms. The predicted molar refractivity (Wildman–Crippen MR) is 274 cm³/mol. The van der Waals surface area contributed by atoms with Crippen molar-refractivity contribution in [2.24, 2.45) is 5.41 Å². The maximum atomic E-state index is 15.4. The average molecular weight is 1010 g/mol. The molecule has 3 N–H and O–H groups in total. The fraction of sp³-hybridized carbons (Fsp3) is 0.519. The van der Waals surface area contributed by atoms with E-state index in [1.165, 1.54) is 55.4 Å². The molecule has 0 unspecified atom stereocenters. The Bertz CT molecular complexity index is 2960. The number of amides is 1. The standard InChI is InChI=1S/C54H65FN8O8S/c1-34(2)40-8-4-5-9-41(40)44-10-6-7-35(3)61(44)38-30-53(31-38)17-22-60(23-18-53)37-11-13-42(46(28-37)62-45-16-24-70-32-49(45)71-52-48(62)27-36-15-21-56-50(36)58-52)51(64)59-72(67,68)39-12-14-43(47(29-39)63(65)66)57-33-54(55)19-25-69-26-20-54/h4-5,8-9,11-15,21,27-29,34-35,38,44-45,49,57H,6-7,10,16-20,22-26,30-33H2,1-3H3,(H,56,58)(H,59,64)/t35-,44-,45-,49-/m0/s1. The van der Waals surface area contributed by atoms with Crippen LogP contribution < -0.4 is 24.6 Å². The number of hydrogen-bond donors (Lipinski definition) is 3. The molecule has 0 bridgehead atoms. The minimum atomic E-state index is -4.68. The number of benzene rings is 3. The molecule has 0 radical (unpaired) electrons. The van der Waals surface area contributed by atoms with E-state index in [9.17, 15) is 23.3 Å². The minimum Gasteiger partial charge on any atom is -0.468 e. The van der Waals surface area contributed by atoms with E-state index >= 15 is 4.39 Å². The molecule has 11 rings (SSSR count). The zero-order chi connectivity index (χ0) is 49.9. The molecule has 6 aliphatic rings. The highest BCUT2D eigenvalue weighted by Crippen LogP contribution is 2.55. The van der Waals surface area contributed by atoms with Gasteiger partial charge in [0, 0.05) is 93.8 Å². The van der Waals surface area contributed by atoms with Gasteiger partial charge < -0.3 is 34.3 Å². The van der Waals surface area contributed by atoms with Gasteiger partial charge in [-0.05, 0) is 117 Å². The van der Waals surface area contributed by atoms with Gasteiger partial charge in [-0.1, -0.05) is 44.5 Å². The van der Waals surface area contributed by atoms with Crippen LogP contribution in [-0.4, -0.2) is 110 Å². The third-order valence-electron chi connectivity index (χ3n) is 16.7. The normalized spacial score (nSPS) is 24.3. The lowest BCUT2D eigenvalue weighted by molar-refractivity contribution is -0.384. The third kappa shape index (κ3) is 9.17. The molecule has 18 heteroatoms. The Morgan fingerprint density at radius 2 is 1.75 bits per heavy atom. The minimum absolute atomic E-state index is 0.0388. The fourth-order valence-corrected chi connectivity index (χ4v) is 13.7. The summed E-state index contributed by atoms with van der Waals surface area (Å²) >= 11 is 0. The number of aromatic amines is 1. The number of halogens is 1. The molecule has 1 aliphatic carbocycles. The molecule has 5 aliphatic heterocycles. The number of alkyl halides is 1. The number of sulfonamides is 1. The van der Waals surface area contributed by atoms with Gasteiger partial charge in [0.1, 0.15) is 28.8 Å². The quantitative estimate of drug-likeness (QED) is 0.0794. The van der Waals surface area contributed by atoms with E-state index < -0.39 is 43.2 Å². The molecule has 16 nitrogen and oxygen atoms in total. The van der Waals surface area contributed by atoms with E-state index in [0.29, 0.717) is 66.6 Å². The summed E-state index contributed by atoms with van der Waals surface area (Å²) in [5.41, 5.74) is 3.71. The Balaban J connectivity index is 0.877. The highest BCUT2D eigenvalue weighted by Gasteiger charge is 2.51. The third-order valence-corrected chi connectivity index (χ3v) is 18.0. The zero-order valence-electron chi connectivity index (χ0n) is 41.3. The molecule has 4 atom stereocenters. The van der Waals surface area contributed by atoms with Gasteiger partial charge in [-0.3, -0.25) is 19.8 Å². The topological polar surface area (TPSA) is 184 Å². The highest BCUT2D eigenvalue weighted by molar-refractivity contribution is 7.90. The van der Waals surface area contributed by atoms with Gasteiger partial charge in [0.2, 0.25) is 5.88 Å². The van der Waals surface area contributed by atoms with Crippen molar-refractivity contribution in [1.82, 2.24) is 19.6 Å². The van der Waals surface area contributed by atoms with Crippen LogP contribution in [0.2, 0.25) is 0 Å². The first-order chi connectivity index (χ1) is 34.7. The number of ether oxygens (including phenoxy) is 3. The maximum absolute atomic E-state index is 15.4. The largest absolute Gasteiger partial charge is 0.468 e. The summed E-state index contributed by atoms with van der Waals surface area (Å²) in [5, 5.41) is 16.0. The number of nitrogens with one attached hydrogen (secondary N) is 3. The number of H-pyrrole nitrogens is 1. The van der Waals surface area contributed by atoms with E-state index in [1.54, 1.807) is 12.3 Å². The molecule has 7 heterocycles. The van der Waals surface area contributed by atoms with Crippen LogP contribution in [0.3, 0.4) is 0 Å². The number of carbonyl (C=O) groups excluding carboxylic acids is 1. The molecule has 5 aromatic rings. The number of pyridine rings is 1. The molecule has 5 fully saturated rings. The first-order valence-electron chi connectivity index (χ1n) is 25.8. The van der Waals surface area contributed by atoms with Crippen LogP contribution in [0.5, 0.6) is 5.88 Å². The number of likely N-dealkylation sites (tertiary alicyclic amines) is 1. The van der Waals surface area contributed by atoms with Crippen LogP contribution in [-0.2, 0) is 19.5 Å². The van der Waals surface area contributed by atoms with Crippen molar-refractivity contribution in [3.8, 4) is 5.88 Å². The molecule has 4 saturated heterocycles. The monoisotopic (exact) mass is 1000 g/mol. The van der Waals surface area contributed by atoms with E-state index in [4.69, 9.17) is 19.2 Å². The predicted octanol–water partition coefficient (Wildman–Crippen LogP) is 9.70. The number of piperidine rings is 2. The number of fused-ring (bicyclic) bond motifs is 3. The number of rotatable bonds is 12. The van der Waals surface area contributed by atoms with Crippen LogP contribution in [0, 0.1) is 15.5 Å². The van der Waals surface area contributed by atoms with Gasteiger partial charge >= 0.3 is 0 Å². The van der Waals surface area contributed by atoms with E-state index in [0.717, 1.165) is 43.1 Å². The van der Waals surface area contributed by atoms with Crippen molar-refractivity contribution in [2.75, 3.05) is 61.2 Å². The maximum Gasteiger partial charge on any atom is 0.293 e. The average Bonchev–Trinajstić information content (AvgIpc) is 3.83. The number of carbonyl (C=O) groups is 1. The number of nitrogens with zero attached hydrogens (tertiary/aromatic N) is 5. The Morgan fingerprint density at radius 3 is 2.53 bits per heavy atom. The molecule has 2 aromatic heterocycles. The van der Waals surface area contributed by atoms with Gasteiger partial charge in [-0.2, -0.15) is 4.98 Å². The first-order valence-corrected chi connectivity index (χ1v) is 27.3. The van der Waals surface area contributed by atoms with Crippen LogP contribution in [0.1, 0.15) is 118 Å². The summed E-state index contributed by atoms with van der Waals surface area (Å²) in [6.07, 6.45) is 10.3. The second-order valence-electron chi connectivity index (χ2n) is 21.5. The van der Waals surface area contributed by atoms with Crippen molar-refractivity contribution in [3.05, 3.63) is 106 Å². The van der Waals surface area contributed by atoms with Gasteiger partial charge in [0.05, 0.1) is 33.7 Å². The van der Waals surface area contributed by atoms with Crippen LogP contribution in [0.4, 0.5) is 32.8 Å². The van der Waals surface area contributed by atoms with Crippen LogP contribution in [0.15, 0.2) is 83.9 Å². The van der Waals surface area contributed by atoms with Crippen molar-refractivity contribution in [2.45, 2.75) is 132 Å². The Kier molecular flexibility index (Phi) is 12.9. The Labute approximate surface area is 420 Å². The van der Waals surface area contributed by atoms with Crippen LogP contribution in [0.25, 0.3) is 11.0 Å². The number of aromatic nitrogens is 2. The van der Waals surface area contributed by atoms with Crippen molar-refractivity contribution < 1.29 is 36.7 Å². The lowest BCUT2D eigenvalue weighted by Crippen LogP contribution is -2.58. The number of hydrogen-bond acceptors (Lipinski definition) is 13. The zero-order valence-corrected chi connectivity index (χ0v) is 42.1. The van der Waals surface area contributed by atoms with Crippen molar-refractivity contribution >= 4 is 55.4 Å². The SMILES string of the molecule is CC(C)c1ccccc1[C@@H]1CCC[C@H](C)N1C1CC2(CCN(c3ccc(C(=O)NS(=O)(=O)c4ccc(NCC5(F)CCOCC5)c([N+](=O)[O-])c4)c(N4c5cc6cc[nH]c6nc5O[C@H]5COCC[C@@H]54)c3)CC2)C1. The molecule has 3 aromatic carbocycles. The van der Waals surface area contributed by atoms with Gasteiger partial charge in [0.15, 0.2) is 0 Å². The lowest BCUT2D eigenvalue weighted by atomic mass is 9.59. The smallest absolute Gasteiger partial charge is 0.293 e. The summed E-state index contributed by atoms with van der Waals surface area (Å²) in [6.45, 7) is 9.67. The summed E-state index contributed by atoms with van der Waals surface area (Å²) in [4.78, 5) is 41.1. The van der Waals surface area contributed by atoms with Gasteiger partial charge in [0.25, 0.3) is 21.6 Å². The number of anilines is 4. The molecular formula is C54H65FN8O8S. The van der Waals surface area contributed by atoms with Gasteiger partial charge in [-0.25, -0.2) is 17.5 Å². The molecule has 1 amide bonds. The summed E-state index contributed by atoms with van der Waals surface area (Å²) < 4.78 is 63.6. The second-order valence-corrected chi connectivity index (χ2v) is 23.1. The van der Waals surface area contributed by atoms with Gasteiger partial charge in [-0.15, -0.1) is 0 Å². The Hall–Kier alpha value is -5.82. The molecule has 1 saturated carbocycles. The number of nitro groups is 1. The van der Waals surface area contributed by atoms with Crippen LogP contribution >= 0.6 is 0 Å². The number of nitro benzene ring substituents is 1. The summed E-state index contributed by atoms with van der Waals surface area (Å²) in [5.74, 6) is -0.0849. The Morgan fingerprint density at radius 1 is 0.958 bits per heavy atom. The molecule has 1 spiro atoms. The first kappa shape index (κ1) is 48.4. The van der Waals surface area contributed by atoms with E-state index in [2.05, 4.69) is 74.8 Å². The summed E-state index contributed by atoms with van der Waals surface area (Å²) in [7, 11) is -4.68. The lowest BCUT2D eigenvalue weighted by Gasteiger charge is -2.59. The van der Waals surface area contributed by atoms with Crippen molar-refractivity contribution in [1.29, 1.82) is 0 Å². The highest BCUT2D eigenvalue weighted by atomic mass is 32.2. The van der Waals surface area contributed by atoms with Crippen molar-refractivity contribution in [3.63, 3.8) is 0 Å². The molecular weight excluding hydrogens is 940 g/mol.